The van der Waals surface area contributed by atoms with E-state index in [0.29, 0.717) is 15.9 Å². The zero-order valence-corrected chi connectivity index (χ0v) is 27.0. The fourth-order valence-corrected chi connectivity index (χ4v) is 6.54. The van der Waals surface area contributed by atoms with Crippen molar-refractivity contribution in [3.63, 3.8) is 0 Å². The third-order valence-electron chi connectivity index (χ3n) is 7.35. The maximum Gasteiger partial charge on any atom is 0.417 e. The molecule has 13 heteroatoms. The summed E-state index contributed by atoms with van der Waals surface area (Å²) in [7, 11) is -4.67. The zero-order chi connectivity index (χ0) is 34.4. The van der Waals surface area contributed by atoms with Crippen molar-refractivity contribution in [3.05, 3.63) is 130 Å². The number of sulfonamides is 1. The number of alkyl halides is 3. The molecule has 0 aliphatic carbocycles. The van der Waals surface area contributed by atoms with E-state index < -0.39 is 69.2 Å². The second-order valence-electron chi connectivity index (χ2n) is 10.7. The summed E-state index contributed by atoms with van der Waals surface area (Å²) in [6, 6.07) is 21.1. The molecule has 0 fully saturated rings. The summed E-state index contributed by atoms with van der Waals surface area (Å²) in [5.74, 6) is -2.21. The van der Waals surface area contributed by atoms with Gasteiger partial charge in [-0.2, -0.15) is 13.2 Å². The van der Waals surface area contributed by atoms with E-state index in [1.54, 1.807) is 50.2 Å². The Hall–Kier alpha value is -4.42. The van der Waals surface area contributed by atoms with Gasteiger partial charge in [-0.3, -0.25) is 13.9 Å². The van der Waals surface area contributed by atoms with Crippen LogP contribution in [0, 0.1) is 12.7 Å². The molecule has 0 aliphatic heterocycles. The Morgan fingerprint density at radius 2 is 1.55 bits per heavy atom. The number of amides is 2. The van der Waals surface area contributed by atoms with Crippen molar-refractivity contribution in [2.24, 2.45) is 0 Å². The molecule has 4 aromatic carbocycles. The summed E-state index contributed by atoms with van der Waals surface area (Å²) in [5, 5.41) is 2.01. The van der Waals surface area contributed by atoms with Gasteiger partial charge in [-0.05, 0) is 55.8 Å². The maximum atomic E-state index is 15.0. The number of aryl methyl sites for hydroxylation is 1. The molecular formula is C34H32ClF4N3O4S. The molecule has 7 nitrogen and oxygen atoms in total. The summed E-state index contributed by atoms with van der Waals surface area (Å²) in [6.45, 7) is 2.14. The first-order chi connectivity index (χ1) is 22.2. The largest absolute Gasteiger partial charge is 0.417 e. The molecule has 0 aromatic heterocycles. The average Bonchev–Trinajstić information content (AvgIpc) is 3.03. The molecule has 0 saturated heterocycles. The molecule has 0 bridgehead atoms. The molecule has 47 heavy (non-hydrogen) atoms. The summed E-state index contributed by atoms with van der Waals surface area (Å²) in [4.78, 5) is 28.6. The highest BCUT2D eigenvalue weighted by Crippen LogP contribution is 2.38. The third-order valence-corrected chi connectivity index (χ3v) is 9.47. The van der Waals surface area contributed by atoms with Gasteiger partial charge in [0, 0.05) is 25.1 Å². The highest BCUT2D eigenvalue weighted by molar-refractivity contribution is 7.92. The smallest absolute Gasteiger partial charge is 0.355 e. The van der Waals surface area contributed by atoms with Crippen LogP contribution in [0.5, 0.6) is 0 Å². The molecule has 4 aromatic rings. The Morgan fingerprint density at radius 1 is 0.915 bits per heavy atom. The Bertz CT molecular complexity index is 1820. The van der Waals surface area contributed by atoms with E-state index in [4.69, 9.17) is 11.6 Å². The van der Waals surface area contributed by atoms with Crippen LogP contribution < -0.4 is 9.62 Å². The van der Waals surface area contributed by atoms with Crippen molar-refractivity contribution in [1.29, 1.82) is 0 Å². The summed E-state index contributed by atoms with van der Waals surface area (Å²) >= 11 is 5.84. The molecule has 1 atom stereocenters. The first-order valence-corrected chi connectivity index (χ1v) is 16.3. The number of benzene rings is 4. The van der Waals surface area contributed by atoms with Crippen LogP contribution in [0.2, 0.25) is 5.02 Å². The van der Waals surface area contributed by atoms with Crippen LogP contribution in [-0.2, 0) is 38.8 Å². The monoisotopic (exact) mass is 689 g/mol. The molecule has 1 N–H and O–H groups in total. The molecule has 0 saturated carbocycles. The first kappa shape index (κ1) is 35.4. The minimum absolute atomic E-state index is 0.0171. The lowest BCUT2D eigenvalue weighted by molar-refractivity contribution is -0.140. The fraction of sp³-hybridized carbons (Fsp3) is 0.235. The minimum atomic E-state index is -4.94. The number of anilines is 1. The van der Waals surface area contributed by atoms with Crippen molar-refractivity contribution in [2.75, 3.05) is 17.4 Å². The van der Waals surface area contributed by atoms with Crippen LogP contribution in [0.4, 0.5) is 23.2 Å². The van der Waals surface area contributed by atoms with Crippen molar-refractivity contribution in [3.8, 4) is 0 Å². The van der Waals surface area contributed by atoms with Gasteiger partial charge in [0.2, 0.25) is 11.8 Å². The van der Waals surface area contributed by atoms with Gasteiger partial charge in [-0.15, -0.1) is 0 Å². The number of carbonyl (C=O) groups excluding carboxylic acids is 2. The number of hydrogen-bond donors (Lipinski definition) is 1. The number of halogens is 5. The van der Waals surface area contributed by atoms with Gasteiger partial charge in [0.15, 0.2) is 0 Å². The van der Waals surface area contributed by atoms with Crippen LogP contribution in [-0.4, -0.2) is 44.3 Å². The van der Waals surface area contributed by atoms with Crippen molar-refractivity contribution >= 4 is 39.1 Å². The first-order valence-electron chi connectivity index (χ1n) is 14.5. The van der Waals surface area contributed by atoms with Gasteiger partial charge >= 0.3 is 6.18 Å². The Morgan fingerprint density at radius 3 is 2.17 bits per heavy atom. The second kappa shape index (κ2) is 15.0. The van der Waals surface area contributed by atoms with Crippen LogP contribution in [0.25, 0.3) is 0 Å². The van der Waals surface area contributed by atoms with Gasteiger partial charge in [0.1, 0.15) is 18.4 Å². The molecule has 0 heterocycles. The van der Waals surface area contributed by atoms with Crippen LogP contribution in [0.1, 0.15) is 29.2 Å². The van der Waals surface area contributed by atoms with E-state index in [1.807, 2.05) is 0 Å². The second-order valence-corrected chi connectivity index (χ2v) is 13.0. The Labute approximate surface area is 275 Å². The van der Waals surface area contributed by atoms with Crippen molar-refractivity contribution in [1.82, 2.24) is 10.2 Å². The molecule has 248 valence electrons. The predicted molar refractivity (Wildman–Crippen MR) is 172 cm³/mol. The summed E-state index contributed by atoms with van der Waals surface area (Å²) in [6.07, 6.45) is -4.96. The van der Waals surface area contributed by atoms with Gasteiger partial charge < -0.3 is 10.2 Å². The lowest BCUT2D eigenvalue weighted by atomic mass is 10.0. The summed E-state index contributed by atoms with van der Waals surface area (Å²) in [5.41, 5.74) is -0.368. The Balaban J connectivity index is 1.87. The molecule has 0 spiro atoms. The number of nitrogens with one attached hydrogen (secondary N) is 1. The Kier molecular flexibility index (Phi) is 11.3. The topological polar surface area (TPSA) is 86.8 Å². The van der Waals surface area contributed by atoms with E-state index in [2.05, 4.69) is 5.32 Å². The molecule has 0 radical (unpaired) electrons. The van der Waals surface area contributed by atoms with Gasteiger partial charge in [-0.25, -0.2) is 12.8 Å². The van der Waals surface area contributed by atoms with Gasteiger partial charge in [0.25, 0.3) is 10.0 Å². The van der Waals surface area contributed by atoms with Crippen LogP contribution in [0.15, 0.2) is 102 Å². The highest BCUT2D eigenvalue weighted by atomic mass is 35.5. The van der Waals surface area contributed by atoms with E-state index in [9.17, 15) is 35.6 Å². The van der Waals surface area contributed by atoms with E-state index in [1.165, 1.54) is 42.5 Å². The maximum absolute atomic E-state index is 15.0. The molecule has 0 aliphatic rings. The zero-order valence-electron chi connectivity index (χ0n) is 25.5. The van der Waals surface area contributed by atoms with Gasteiger partial charge in [0.05, 0.1) is 21.2 Å². The van der Waals surface area contributed by atoms with E-state index >= 15 is 0 Å². The minimum Gasteiger partial charge on any atom is -0.355 e. The molecular weight excluding hydrogens is 658 g/mol. The summed E-state index contributed by atoms with van der Waals surface area (Å²) < 4.78 is 85.3. The highest BCUT2D eigenvalue weighted by Gasteiger charge is 2.37. The fourth-order valence-electron chi connectivity index (χ4n) is 4.91. The normalized spacial score (nSPS) is 12.3. The van der Waals surface area contributed by atoms with Crippen LogP contribution in [0.3, 0.4) is 0 Å². The van der Waals surface area contributed by atoms with E-state index in [-0.39, 0.29) is 23.4 Å². The average molecular weight is 690 g/mol. The number of rotatable bonds is 12. The van der Waals surface area contributed by atoms with Gasteiger partial charge in [-0.1, -0.05) is 77.8 Å². The standard InChI is InChI=1S/C34H32ClF4N3O4S/c1-3-40-33(44)31(19-24-9-5-4-6-10-24)41(21-25-11-7-8-12-30(25)36)32(43)22-42(47(45,46)27-16-13-23(2)14-17-27)26-15-18-29(35)28(20-26)34(37,38)39/h4-18,20,31H,3,19,21-22H2,1-2H3,(H,40,44). The predicted octanol–water partition coefficient (Wildman–Crippen LogP) is 6.78. The number of hydrogen-bond acceptors (Lipinski definition) is 4. The number of carbonyl (C=O) groups is 2. The van der Waals surface area contributed by atoms with Crippen LogP contribution >= 0.6 is 11.6 Å². The SMILES string of the molecule is CCNC(=O)C(Cc1ccccc1)N(Cc1ccccc1F)C(=O)CN(c1ccc(Cl)c(C(F)(F)F)c1)S(=O)(=O)c1ccc(C)cc1. The number of nitrogens with zero attached hydrogens (tertiary/aromatic N) is 2. The number of likely N-dealkylation sites (N-methyl/N-ethyl adjacent to an activating group) is 1. The van der Waals surface area contributed by atoms with Crippen molar-refractivity contribution < 1.29 is 35.6 Å². The van der Waals surface area contributed by atoms with E-state index in [0.717, 1.165) is 22.6 Å². The molecule has 4 rings (SSSR count). The third kappa shape index (κ3) is 8.69. The molecule has 1 unspecified atom stereocenters. The lowest BCUT2D eigenvalue weighted by Gasteiger charge is -2.34. The van der Waals surface area contributed by atoms with Crippen molar-refractivity contribution in [2.45, 2.75) is 43.9 Å². The lowest BCUT2D eigenvalue weighted by Crippen LogP contribution is -2.53. The molecule has 2 amide bonds. The quantitative estimate of drug-likeness (QED) is 0.166.